The highest BCUT2D eigenvalue weighted by Crippen LogP contribution is 2.25. The second-order valence-electron chi connectivity index (χ2n) is 5.13. The maximum Gasteiger partial charge on any atom is 0.321 e. The molecule has 1 fully saturated rings. The Morgan fingerprint density at radius 2 is 2.21 bits per heavy atom. The fraction of sp³-hybridized carbons (Fsp3) is 0.500. The molecule has 0 saturated carbocycles. The Balaban J connectivity index is 2.05. The van der Waals surface area contributed by atoms with E-state index in [2.05, 4.69) is 21.2 Å². The number of likely N-dealkylation sites (tertiary alicyclic amines) is 1. The lowest BCUT2D eigenvalue weighted by molar-refractivity contribution is 0.208. The number of carbonyl (C=O) groups is 1. The van der Waals surface area contributed by atoms with Crippen LogP contribution in [0.15, 0.2) is 16.6 Å². The van der Waals surface area contributed by atoms with Crippen LogP contribution >= 0.6 is 15.9 Å². The van der Waals surface area contributed by atoms with Gasteiger partial charge < -0.3 is 15.3 Å². The molecule has 0 radical (unpaired) electrons. The molecule has 2 rings (SSSR count). The monoisotopic (exact) mass is 326 g/mol. The van der Waals surface area contributed by atoms with E-state index >= 15 is 0 Å². The number of anilines is 1. The zero-order valence-electron chi connectivity index (χ0n) is 11.2. The Morgan fingerprint density at radius 3 is 2.84 bits per heavy atom. The van der Waals surface area contributed by atoms with Crippen LogP contribution in [0.1, 0.15) is 17.5 Å². The zero-order chi connectivity index (χ0) is 14.0. The largest absolute Gasteiger partial charge is 0.396 e. The van der Waals surface area contributed by atoms with Gasteiger partial charge in [-0.2, -0.15) is 0 Å². The predicted octanol–water partition coefficient (Wildman–Crippen LogP) is 2.91. The van der Waals surface area contributed by atoms with E-state index in [-0.39, 0.29) is 18.6 Å². The molecular formula is C14H19BrN2O2. The van der Waals surface area contributed by atoms with E-state index in [0.717, 1.165) is 27.7 Å². The lowest BCUT2D eigenvalue weighted by Gasteiger charge is -2.18. The second kappa shape index (κ2) is 5.92. The van der Waals surface area contributed by atoms with Crippen LogP contribution in [0.2, 0.25) is 0 Å². The minimum absolute atomic E-state index is 0.0881. The van der Waals surface area contributed by atoms with Crippen molar-refractivity contribution in [1.82, 2.24) is 4.90 Å². The third-order valence-corrected chi connectivity index (χ3v) is 4.43. The third kappa shape index (κ3) is 3.28. The Bertz CT molecular complexity index is 491. The van der Waals surface area contributed by atoms with Crippen LogP contribution in [0.25, 0.3) is 0 Å². The van der Waals surface area contributed by atoms with E-state index in [1.165, 1.54) is 0 Å². The van der Waals surface area contributed by atoms with Crippen molar-refractivity contribution in [3.8, 4) is 0 Å². The summed E-state index contributed by atoms with van der Waals surface area (Å²) in [5, 5.41) is 12.0. The molecule has 19 heavy (non-hydrogen) atoms. The first-order chi connectivity index (χ1) is 9.01. The first-order valence-corrected chi connectivity index (χ1v) is 7.24. The number of carbonyl (C=O) groups excluding carboxylic acids is 1. The van der Waals surface area contributed by atoms with Crippen LogP contribution in [-0.2, 0) is 0 Å². The van der Waals surface area contributed by atoms with Gasteiger partial charge in [0, 0.05) is 35.8 Å². The van der Waals surface area contributed by atoms with Crippen molar-refractivity contribution >= 4 is 27.6 Å². The summed E-state index contributed by atoms with van der Waals surface area (Å²) in [5.41, 5.74) is 3.03. The quantitative estimate of drug-likeness (QED) is 0.878. The summed E-state index contributed by atoms with van der Waals surface area (Å²) >= 11 is 3.48. The number of hydrogen-bond donors (Lipinski definition) is 2. The molecule has 0 bridgehead atoms. The van der Waals surface area contributed by atoms with Gasteiger partial charge in [0.2, 0.25) is 0 Å². The molecule has 4 nitrogen and oxygen atoms in total. The number of benzene rings is 1. The Kier molecular flexibility index (Phi) is 4.47. The number of nitrogens with one attached hydrogen (secondary N) is 1. The number of urea groups is 1. The van der Waals surface area contributed by atoms with Crippen molar-refractivity contribution in [1.29, 1.82) is 0 Å². The Labute approximate surface area is 121 Å². The number of amides is 2. The molecule has 0 aliphatic carbocycles. The molecule has 0 unspecified atom stereocenters. The summed E-state index contributed by atoms with van der Waals surface area (Å²) in [6.45, 7) is 5.50. The molecule has 1 aromatic carbocycles. The summed E-state index contributed by atoms with van der Waals surface area (Å²) < 4.78 is 0.989. The number of rotatable bonds is 2. The molecule has 2 N–H and O–H groups in total. The van der Waals surface area contributed by atoms with E-state index < -0.39 is 0 Å². The van der Waals surface area contributed by atoms with Crippen molar-refractivity contribution in [3.05, 3.63) is 27.7 Å². The topological polar surface area (TPSA) is 52.6 Å². The molecule has 1 saturated heterocycles. The van der Waals surface area contributed by atoms with E-state index in [1.807, 2.05) is 26.0 Å². The van der Waals surface area contributed by atoms with Gasteiger partial charge in [0.05, 0.1) is 0 Å². The van der Waals surface area contributed by atoms with Crippen LogP contribution in [0.5, 0.6) is 0 Å². The average Bonchev–Trinajstić information content (AvgIpc) is 2.84. The molecule has 0 aromatic heterocycles. The predicted molar refractivity (Wildman–Crippen MR) is 79.4 cm³/mol. The Morgan fingerprint density at radius 1 is 1.47 bits per heavy atom. The van der Waals surface area contributed by atoms with Gasteiger partial charge in [-0.3, -0.25) is 0 Å². The summed E-state index contributed by atoms with van der Waals surface area (Å²) in [6, 6.07) is 3.89. The molecule has 0 spiro atoms. The number of halogens is 1. The van der Waals surface area contributed by atoms with Gasteiger partial charge in [-0.05, 0) is 37.5 Å². The normalized spacial score (nSPS) is 18.7. The van der Waals surface area contributed by atoms with E-state index in [9.17, 15) is 4.79 Å². The fourth-order valence-corrected chi connectivity index (χ4v) is 2.66. The maximum absolute atomic E-state index is 12.1. The van der Waals surface area contributed by atoms with Crippen molar-refractivity contribution in [2.24, 2.45) is 5.92 Å². The molecule has 1 aromatic rings. The lowest BCUT2D eigenvalue weighted by Crippen LogP contribution is -2.33. The third-order valence-electron chi connectivity index (χ3n) is 3.58. The summed E-state index contributed by atoms with van der Waals surface area (Å²) in [4.78, 5) is 13.9. The summed E-state index contributed by atoms with van der Waals surface area (Å²) in [7, 11) is 0. The number of aliphatic hydroxyl groups excluding tert-OH is 1. The molecule has 1 aliphatic heterocycles. The standard InChI is InChI=1S/C14H19BrN2O2/c1-9-5-10(2)13(6-12(9)15)16-14(19)17-4-3-11(7-17)8-18/h5-6,11,18H,3-4,7-8H2,1-2H3,(H,16,19)/t11-/m0/s1. The van der Waals surface area contributed by atoms with Gasteiger partial charge >= 0.3 is 6.03 Å². The highest BCUT2D eigenvalue weighted by Gasteiger charge is 2.25. The molecular weight excluding hydrogens is 308 g/mol. The van der Waals surface area contributed by atoms with Crippen molar-refractivity contribution in [2.75, 3.05) is 25.0 Å². The molecule has 104 valence electrons. The van der Waals surface area contributed by atoms with Crippen LogP contribution in [0.3, 0.4) is 0 Å². The number of aliphatic hydroxyl groups is 1. The fourth-order valence-electron chi connectivity index (χ4n) is 2.32. The zero-order valence-corrected chi connectivity index (χ0v) is 12.8. The maximum atomic E-state index is 12.1. The van der Waals surface area contributed by atoms with Gasteiger partial charge in [-0.15, -0.1) is 0 Å². The summed E-state index contributed by atoms with van der Waals surface area (Å²) in [6.07, 6.45) is 0.875. The van der Waals surface area contributed by atoms with E-state index in [0.29, 0.717) is 13.1 Å². The number of hydrogen-bond acceptors (Lipinski definition) is 2. The van der Waals surface area contributed by atoms with Gasteiger partial charge in [-0.25, -0.2) is 4.79 Å². The number of aryl methyl sites for hydroxylation is 2. The van der Waals surface area contributed by atoms with Crippen LogP contribution < -0.4 is 5.32 Å². The van der Waals surface area contributed by atoms with Gasteiger partial charge in [0.15, 0.2) is 0 Å². The van der Waals surface area contributed by atoms with Crippen molar-refractivity contribution in [2.45, 2.75) is 20.3 Å². The lowest BCUT2D eigenvalue weighted by atomic mass is 10.1. The molecule has 5 heteroatoms. The van der Waals surface area contributed by atoms with Gasteiger partial charge in [0.1, 0.15) is 0 Å². The van der Waals surface area contributed by atoms with Crippen molar-refractivity contribution < 1.29 is 9.90 Å². The minimum Gasteiger partial charge on any atom is -0.396 e. The molecule has 1 aliphatic rings. The second-order valence-corrected chi connectivity index (χ2v) is 5.98. The molecule has 1 atom stereocenters. The minimum atomic E-state index is -0.0881. The van der Waals surface area contributed by atoms with E-state index in [4.69, 9.17) is 5.11 Å². The van der Waals surface area contributed by atoms with Gasteiger partial charge in [-0.1, -0.05) is 22.0 Å². The Hall–Kier alpha value is -1.07. The highest BCUT2D eigenvalue weighted by molar-refractivity contribution is 9.10. The van der Waals surface area contributed by atoms with Gasteiger partial charge in [0.25, 0.3) is 0 Å². The van der Waals surface area contributed by atoms with E-state index in [1.54, 1.807) is 4.90 Å². The molecule has 2 amide bonds. The van der Waals surface area contributed by atoms with Crippen LogP contribution in [-0.4, -0.2) is 35.7 Å². The average molecular weight is 327 g/mol. The highest BCUT2D eigenvalue weighted by atomic mass is 79.9. The molecule has 1 heterocycles. The van der Waals surface area contributed by atoms with Crippen molar-refractivity contribution in [3.63, 3.8) is 0 Å². The first kappa shape index (κ1) is 14.3. The van der Waals surface area contributed by atoms with Crippen LogP contribution in [0.4, 0.5) is 10.5 Å². The summed E-state index contributed by atoms with van der Waals surface area (Å²) in [5.74, 6) is 0.219. The smallest absolute Gasteiger partial charge is 0.321 e. The SMILES string of the molecule is Cc1cc(C)c(NC(=O)N2CC[C@H](CO)C2)cc1Br. The van der Waals surface area contributed by atoms with Crippen LogP contribution in [0, 0.1) is 19.8 Å². The first-order valence-electron chi connectivity index (χ1n) is 6.44. The number of nitrogens with zero attached hydrogens (tertiary/aromatic N) is 1.